The van der Waals surface area contributed by atoms with E-state index in [-0.39, 0.29) is 10.8 Å². The second-order valence-corrected chi connectivity index (χ2v) is 10.2. The number of aromatic nitrogens is 2. The van der Waals surface area contributed by atoms with Gasteiger partial charge in [-0.25, -0.2) is 18.4 Å². The number of hydrogen-bond donors (Lipinski definition) is 1. The molecule has 2 heterocycles. The summed E-state index contributed by atoms with van der Waals surface area (Å²) >= 11 is 6.17. The minimum atomic E-state index is -3.89. The van der Waals surface area contributed by atoms with Gasteiger partial charge >= 0.3 is 0 Å². The third-order valence-corrected chi connectivity index (χ3v) is 7.72. The topological polar surface area (TPSA) is 101 Å². The Bertz CT molecular complexity index is 1530. The van der Waals surface area contributed by atoms with Crippen LogP contribution >= 0.6 is 11.6 Å². The Labute approximate surface area is 201 Å². The van der Waals surface area contributed by atoms with E-state index in [0.29, 0.717) is 35.8 Å². The van der Waals surface area contributed by atoms with Crippen LogP contribution in [0.4, 0.5) is 0 Å². The summed E-state index contributed by atoms with van der Waals surface area (Å²) in [5, 5.41) is 2.68. The first-order chi connectivity index (χ1) is 16.3. The van der Waals surface area contributed by atoms with E-state index < -0.39 is 16.1 Å². The van der Waals surface area contributed by atoms with Crippen molar-refractivity contribution in [2.75, 3.05) is 13.7 Å². The number of carbonyl (C=O) groups is 1. The van der Waals surface area contributed by atoms with Crippen LogP contribution in [-0.4, -0.2) is 48.9 Å². The van der Waals surface area contributed by atoms with Crippen LogP contribution < -0.4 is 9.46 Å². The Morgan fingerprint density at radius 1 is 1.09 bits per heavy atom. The number of nitrogens with zero attached hydrogens (tertiary/aromatic N) is 3. The van der Waals surface area contributed by atoms with Crippen molar-refractivity contribution in [1.82, 2.24) is 19.6 Å². The van der Waals surface area contributed by atoms with Crippen molar-refractivity contribution in [2.24, 2.45) is 0 Å². The van der Waals surface area contributed by atoms with E-state index in [1.807, 2.05) is 30.3 Å². The molecule has 0 bridgehead atoms. The number of nitrogens with one attached hydrogen (secondary N) is 1. The molecule has 0 unspecified atom stereocenters. The first-order valence-electron chi connectivity index (χ1n) is 10.6. The molecule has 34 heavy (non-hydrogen) atoms. The molecule has 10 heteroatoms. The minimum absolute atomic E-state index is 0.101. The predicted octanol–water partition coefficient (Wildman–Crippen LogP) is 3.52. The number of rotatable bonds is 6. The van der Waals surface area contributed by atoms with Crippen LogP contribution in [0.25, 0.3) is 21.7 Å². The molecule has 8 nitrogen and oxygen atoms in total. The Morgan fingerprint density at radius 2 is 1.91 bits per heavy atom. The summed E-state index contributed by atoms with van der Waals surface area (Å²) in [4.78, 5) is 22.9. The Balaban J connectivity index is 1.32. The van der Waals surface area contributed by atoms with E-state index in [0.717, 1.165) is 21.9 Å². The lowest BCUT2D eigenvalue weighted by Crippen LogP contribution is -2.41. The standard InChI is InChI=1S/C24H21ClN4O4S/c1-33-18-5-3-16-4-6-19(12-17(16)11-18)34(31,32)28-22-8-9-29(24(22)30)13-15-2-7-21-20(10-15)23(25)27-14-26-21/h2-7,10-12,14,22,28H,8-9,13H2,1H3/t22-/m0/s1. The van der Waals surface area contributed by atoms with Crippen molar-refractivity contribution in [1.29, 1.82) is 0 Å². The lowest BCUT2D eigenvalue weighted by Gasteiger charge is -2.18. The number of halogens is 1. The fourth-order valence-corrected chi connectivity index (χ4v) is 5.60. The van der Waals surface area contributed by atoms with Crippen molar-refractivity contribution in [3.05, 3.63) is 71.6 Å². The molecule has 0 aliphatic carbocycles. The third kappa shape index (κ3) is 4.29. The molecule has 0 radical (unpaired) electrons. The summed E-state index contributed by atoms with van der Waals surface area (Å²) < 4.78 is 33.9. The van der Waals surface area contributed by atoms with Gasteiger partial charge in [0.1, 0.15) is 23.3 Å². The number of fused-ring (bicyclic) bond motifs is 2. The molecular formula is C24H21ClN4O4S. The summed E-state index contributed by atoms with van der Waals surface area (Å²) in [5.41, 5.74) is 1.58. The molecule has 0 saturated carbocycles. The number of benzene rings is 3. The lowest BCUT2D eigenvalue weighted by molar-refractivity contribution is -0.129. The van der Waals surface area contributed by atoms with Gasteiger partial charge in [-0.2, -0.15) is 4.72 Å². The number of carbonyl (C=O) groups excluding carboxylic acids is 1. The van der Waals surface area contributed by atoms with E-state index >= 15 is 0 Å². The number of ether oxygens (including phenoxy) is 1. The monoisotopic (exact) mass is 496 g/mol. The van der Waals surface area contributed by atoms with Crippen molar-refractivity contribution >= 4 is 49.2 Å². The van der Waals surface area contributed by atoms with Gasteiger partial charge in [0.25, 0.3) is 0 Å². The second kappa shape index (κ2) is 8.83. The van der Waals surface area contributed by atoms with Crippen molar-refractivity contribution < 1.29 is 17.9 Å². The average molecular weight is 497 g/mol. The molecular weight excluding hydrogens is 476 g/mol. The Kier molecular flexibility index (Phi) is 5.85. The SMILES string of the molecule is COc1ccc2ccc(S(=O)(=O)N[C@H]3CCN(Cc4ccc5ncnc(Cl)c5c4)C3=O)cc2c1. The minimum Gasteiger partial charge on any atom is -0.497 e. The normalized spacial score (nSPS) is 16.5. The molecule has 1 fully saturated rings. The van der Waals surface area contributed by atoms with E-state index in [1.54, 1.807) is 30.2 Å². The number of methoxy groups -OCH3 is 1. The number of sulfonamides is 1. The van der Waals surface area contributed by atoms with Gasteiger partial charge in [0.2, 0.25) is 15.9 Å². The van der Waals surface area contributed by atoms with E-state index in [1.165, 1.54) is 12.4 Å². The summed E-state index contributed by atoms with van der Waals surface area (Å²) in [6.07, 6.45) is 1.79. The zero-order valence-electron chi connectivity index (χ0n) is 18.2. The molecule has 1 aliphatic rings. The highest BCUT2D eigenvalue weighted by molar-refractivity contribution is 7.89. The highest BCUT2D eigenvalue weighted by Gasteiger charge is 2.35. The van der Waals surface area contributed by atoms with Gasteiger partial charge in [-0.15, -0.1) is 0 Å². The predicted molar refractivity (Wildman–Crippen MR) is 129 cm³/mol. The van der Waals surface area contributed by atoms with Crippen LogP contribution in [0.15, 0.2) is 65.8 Å². The lowest BCUT2D eigenvalue weighted by atomic mass is 10.1. The molecule has 0 spiro atoms. The molecule has 1 saturated heterocycles. The van der Waals surface area contributed by atoms with Crippen LogP contribution in [0.2, 0.25) is 5.15 Å². The summed E-state index contributed by atoms with van der Waals surface area (Å²) in [7, 11) is -2.33. The van der Waals surface area contributed by atoms with Crippen LogP contribution in [-0.2, 0) is 21.4 Å². The first kappa shape index (κ1) is 22.5. The van der Waals surface area contributed by atoms with E-state index in [2.05, 4.69) is 14.7 Å². The molecule has 1 aliphatic heterocycles. The maximum atomic E-state index is 13.0. The fraction of sp³-hybridized carbons (Fsp3) is 0.208. The number of likely N-dealkylation sites (tertiary alicyclic amines) is 1. The zero-order chi connectivity index (χ0) is 23.9. The maximum absolute atomic E-state index is 13.0. The van der Waals surface area contributed by atoms with E-state index in [9.17, 15) is 13.2 Å². The Morgan fingerprint density at radius 3 is 2.74 bits per heavy atom. The van der Waals surface area contributed by atoms with Gasteiger partial charge in [-0.3, -0.25) is 4.79 Å². The van der Waals surface area contributed by atoms with Crippen LogP contribution in [0.3, 0.4) is 0 Å². The van der Waals surface area contributed by atoms with Crippen LogP contribution in [0, 0.1) is 0 Å². The molecule has 174 valence electrons. The summed E-state index contributed by atoms with van der Waals surface area (Å²) in [6.45, 7) is 0.784. The van der Waals surface area contributed by atoms with Gasteiger partial charge in [0.05, 0.1) is 17.5 Å². The van der Waals surface area contributed by atoms with Gasteiger partial charge in [0, 0.05) is 18.5 Å². The van der Waals surface area contributed by atoms with Crippen molar-refractivity contribution in [3.63, 3.8) is 0 Å². The van der Waals surface area contributed by atoms with E-state index in [4.69, 9.17) is 16.3 Å². The Hall–Kier alpha value is -3.27. The fourth-order valence-electron chi connectivity index (χ4n) is 4.15. The second-order valence-electron chi connectivity index (χ2n) is 8.11. The highest BCUT2D eigenvalue weighted by Crippen LogP contribution is 2.26. The van der Waals surface area contributed by atoms with Crippen LogP contribution in [0.1, 0.15) is 12.0 Å². The van der Waals surface area contributed by atoms with Gasteiger partial charge < -0.3 is 9.64 Å². The molecule has 1 aromatic heterocycles. The zero-order valence-corrected chi connectivity index (χ0v) is 19.8. The highest BCUT2D eigenvalue weighted by atomic mass is 35.5. The van der Waals surface area contributed by atoms with Crippen molar-refractivity contribution in [2.45, 2.75) is 23.9 Å². The van der Waals surface area contributed by atoms with Crippen molar-refractivity contribution in [3.8, 4) is 5.75 Å². The number of amides is 1. The largest absolute Gasteiger partial charge is 0.497 e. The van der Waals surface area contributed by atoms with Gasteiger partial charge in [0.15, 0.2) is 0 Å². The first-order valence-corrected chi connectivity index (χ1v) is 12.5. The van der Waals surface area contributed by atoms with Crippen LogP contribution in [0.5, 0.6) is 5.75 Å². The molecule has 1 atom stereocenters. The summed E-state index contributed by atoms with van der Waals surface area (Å²) in [6, 6.07) is 15.0. The summed E-state index contributed by atoms with van der Waals surface area (Å²) in [5.74, 6) is 0.375. The molecule has 1 N–H and O–H groups in total. The van der Waals surface area contributed by atoms with Gasteiger partial charge in [-0.1, -0.05) is 29.8 Å². The maximum Gasteiger partial charge on any atom is 0.241 e. The smallest absolute Gasteiger partial charge is 0.241 e. The molecule has 3 aromatic carbocycles. The molecule has 4 aromatic rings. The quantitative estimate of drug-likeness (QED) is 0.410. The molecule has 1 amide bonds. The number of hydrogen-bond acceptors (Lipinski definition) is 6. The molecule has 5 rings (SSSR count). The third-order valence-electron chi connectivity index (χ3n) is 5.95. The average Bonchev–Trinajstić information content (AvgIpc) is 3.17. The van der Waals surface area contributed by atoms with Gasteiger partial charge in [-0.05, 0) is 59.2 Å².